The van der Waals surface area contributed by atoms with Gasteiger partial charge in [0.15, 0.2) is 0 Å². The van der Waals surface area contributed by atoms with Gasteiger partial charge in [-0.15, -0.1) is 0 Å². The van der Waals surface area contributed by atoms with E-state index >= 15 is 0 Å². The van der Waals surface area contributed by atoms with Crippen molar-refractivity contribution >= 4 is 5.91 Å². The Hall–Kier alpha value is -1.55. The second kappa shape index (κ2) is 9.37. The molecule has 112 valence electrons. The molecule has 0 radical (unpaired) electrons. The zero-order chi connectivity index (χ0) is 14.8. The van der Waals surface area contributed by atoms with Crippen molar-refractivity contribution in [3.8, 4) is 5.75 Å². The van der Waals surface area contributed by atoms with Crippen molar-refractivity contribution in [1.29, 1.82) is 0 Å². The number of para-hydroxylation sites is 1. The zero-order valence-corrected chi connectivity index (χ0v) is 12.7. The molecule has 1 rings (SSSR count). The van der Waals surface area contributed by atoms with E-state index in [0.29, 0.717) is 19.6 Å². The van der Waals surface area contributed by atoms with Crippen molar-refractivity contribution in [3.05, 3.63) is 29.8 Å². The summed E-state index contributed by atoms with van der Waals surface area (Å²) in [5.41, 5.74) is 1.13. The maximum Gasteiger partial charge on any atom is 0.221 e. The quantitative estimate of drug-likeness (QED) is 0.730. The largest absolute Gasteiger partial charge is 0.494 e. The summed E-state index contributed by atoms with van der Waals surface area (Å²) in [6.45, 7) is 8.18. The van der Waals surface area contributed by atoms with Gasteiger partial charge in [-0.2, -0.15) is 0 Å². The molecule has 20 heavy (non-hydrogen) atoms. The van der Waals surface area contributed by atoms with Crippen LogP contribution >= 0.6 is 0 Å². The minimum absolute atomic E-state index is 0.102. The van der Waals surface area contributed by atoms with E-state index in [1.165, 1.54) is 0 Å². The highest BCUT2D eigenvalue weighted by Crippen LogP contribution is 2.24. The van der Waals surface area contributed by atoms with Crippen molar-refractivity contribution in [2.75, 3.05) is 19.7 Å². The van der Waals surface area contributed by atoms with Gasteiger partial charge in [-0.05, 0) is 26.3 Å². The predicted octanol–water partition coefficient (Wildman–Crippen LogP) is 2.65. The van der Waals surface area contributed by atoms with Gasteiger partial charge >= 0.3 is 0 Å². The van der Waals surface area contributed by atoms with E-state index in [9.17, 15) is 4.79 Å². The highest BCUT2D eigenvalue weighted by Gasteiger charge is 2.10. The van der Waals surface area contributed by atoms with Gasteiger partial charge in [0.1, 0.15) is 5.75 Å². The molecule has 1 amide bonds. The monoisotopic (exact) mass is 278 g/mol. The first-order valence-electron chi connectivity index (χ1n) is 7.40. The summed E-state index contributed by atoms with van der Waals surface area (Å²) >= 11 is 0. The number of benzene rings is 1. The molecule has 0 aromatic heterocycles. The number of nitrogens with one attached hydrogen (secondary N) is 2. The Morgan fingerprint density at radius 1 is 1.25 bits per heavy atom. The Morgan fingerprint density at radius 2 is 2.00 bits per heavy atom. The van der Waals surface area contributed by atoms with Crippen molar-refractivity contribution < 1.29 is 9.53 Å². The Labute approximate surface area is 121 Å². The lowest BCUT2D eigenvalue weighted by molar-refractivity contribution is -0.121. The molecule has 0 aliphatic carbocycles. The number of hydrogen-bond donors (Lipinski definition) is 2. The van der Waals surface area contributed by atoms with Crippen LogP contribution in [-0.2, 0) is 4.79 Å². The lowest BCUT2D eigenvalue weighted by atomic mass is 10.1. The minimum atomic E-state index is 0.102. The first-order chi connectivity index (χ1) is 9.69. The van der Waals surface area contributed by atoms with Crippen LogP contribution in [0.5, 0.6) is 5.75 Å². The highest BCUT2D eigenvalue weighted by atomic mass is 16.5. The first-order valence-corrected chi connectivity index (χ1v) is 7.40. The number of carbonyl (C=O) groups is 1. The van der Waals surface area contributed by atoms with E-state index < -0.39 is 0 Å². The Bertz CT molecular complexity index is 407. The van der Waals surface area contributed by atoms with E-state index in [0.717, 1.165) is 24.3 Å². The zero-order valence-electron chi connectivity index (χ0n) is 12.7. The van der Waals surface area contributed by atoms with E-state index in [1.807, 2.05) is 32.0 Å². The fraction of sp³-hybridized carbons (Fsp3) is 0.562. The number of hydrogen-bond acceptors (Lipinski definition) is 3. The van der Waals surface area contributed by atoms with Gasteiger partial charge in [0, 0.05) is 31.1 Å². The molecule has 0 fully saturated rings. The van der Waals surface area contributed by atoms with Crippen LogP contribution in [0.4, 0.5) is 0 Å². The molecule has 0 saturated heterocycles. The molecule has 4 heteroatoms. The summed E-state index contributed by atoms with van der Waals surface area (Å²) < 4.78 is 5.62. The molecule has 0 aliphatic rings. The molecule has 0 bridgehead atoms. The summed E-state index contributed by atoms with van der Waals surface area (Å²) in [5.74, 6) is 1.01. The third kappa shape index (κ3) is 5.61. The third-order valence-electron chi connectivity index (χ3n) is 3.06. The van der Waals surface area contributed by atoms with Gasteiger partial charge in [0.05, 0.1) is 6.61 Å². The van der Waals surface area contributed by atoms with Crippen molar-refractivity contribution in [2.24, 2.45) is 0 Å². The van der Waals surface area contributed by atoms with Crippen LogP contribution in [0.2, 0.25) is 0 Å². The van der Waals surface area contributed by atoms with Crippen molar-refractivity contribution in [3.63, 3.8) is 0 Å². The van der Waals surface area contributed by atoms with Gasteiger partial charge < -0.3 is 15.4 Å². The standard InChI is InChI=1S/C16H26N2O2/c1-4-11-18-16(19)10-12-17-13(3)14-8-6-7-9-15(14)20-5-2/h6-9,13,17H,4-5,10-12H2,1-3H3,(H,18,19). The van der Waals surface area contributed by atoms with Gasteiger partial charge in [-0.25, -0.2) is 0 Å². The Kier molecular flexibility index (Phi) is 7.73. The average Bonchev–Trinajstić information content (AvgIpc) is 2.46. The van der Waals surface area contributed by atoms with Crippen LogP contribution < -0.4 is 15.4 Å². The lowest BCUT2D eigenvalue weighted by Gasteiger charge is -2.17. The SMILES string of the molecule is CCCNC(=O)CCNC(C)c1ccccc1OCC. The number of ether oxygens (including phenoxy) is 1. The van der Waals surface area contributed by atoms with E-state index in [2.05, 4.69) is 23.6 Å². The molecule has 0 heterocycles. The van der Waals surface area contributed by atoms with Crippen LogP contribution in [-0.4, -0.2) is 25.6 Å². The molecular formula is C16H26N2O2. The topological polar surface area (TPSA) is 50.4 Å². The Morgan fingerprint density at radius 3 is 2.70 bits per heavy atom. The minimum Gasteiger partial charge on any atom is -0.494 e. The molecule has 1 unspecified atom stereocenters. The normalized spacial score (nSPS) is 11.9. The van der Waals surface area contributed by atoms with E-state index in [-0.39, 0.29) is 11.9 Å². The molecular weight excluding hydrogens is 252 g/mol. The number of rotatable bonds is 9. The molecule has 1 aromatic rings. The van der Waals surface area contributed by atoms with Crippen molar-refractivity contribution in [1.82, 2.24) is 10.6 Å². The molecule has 1 atom stereocenters. The summed E-state index contributed by atoms with van der Waals surface area (Å²) in [5, 5.41) is 6.24. The van der Waals surface area contributed by atoms with Crippen molar-refractivity contribution in [2.45, 2.75) is 39.7 Å². The van der Waals surface area contributed by atoms with Crippen LogP contribution in [0, 0.1) is 0 Å². The van der Waals surface area contributed by atoms with Crippen LogP contribution in [0.25, 0.3) is 0 Å². The van der Waals surface area contributed by atoms with Gasteiger partial charge in [0.25, 0.3) is 0 Å². The molecule has 2 N–H and O–H groups in total. The third-order valence-corrected chi connectivity index (χ3v) is 3.06. The lowest BCUT2D eigenvalue weighted by Crippen LogP contribution is -2.29. The number of carbonyl (C=O) groups excluding carboxylic acids is 1. The second-order valence-corrected chi connectivity index (χ2v) is 4.75. The predicted molar refractivity (Wildman–Crippen MR) is 81.9 cm³/mol. The fourth-order valence-electron chi connectivity index (χ4n) is 1.99. The average molecular weight is 278 g/mol. The molecule has 0 saturated carbocycles. The summed E-state index contributed by atoms with van der Waals surface area (Å²) in [6.07, 6.45) is 1.47. The molecule has 0 spiro atoms. The molecule has 1 aromatic carbocycles. The van der Waals surface area contributed by atoms with Crippen LogP contribution in [0.1, 0.15) is 45.2 Å². The van der Waals surface area contributed by atoms with Gasteiger partial charge in [0.2, 0.25) is 5.91 Å². The summed E-state index contributed by atoms with van der Waals surface area (Å²) in [4.78, 5) is 11.5. The number of amides is 1. The Balaban J connectivity index is 2.42. The maximum absolute atomic E-state index is 11.5. The second-order valence-electron chi connectivity index (χ2n) is 4.75. The maximum atomic E-state index is 11.5. The van der Waals surface area contributed by atoms with Gasteiger partial charge in [-0.3, -0.25) is 4.79 Å². The smallest absolute Gasteiger partial charge is 0.221 e. The molecule has 0 aliphatic heterocycles. The highest BCUT2D eigenvalue weighted by molar-refractivity contribution is 5.75. The van der Waals surface area contributed by atoms with Crippen LogP contribution in [0.3, 0.4) is 0 Å². The van der Waals surface area contributed by atoms with Crippen LogP contribution in [0.15, 0.2) is 24.3 Å². The first kappa shape index (κ1) is 16.5. The fourth-order valence-corrected chi connectivity index (χ4v) is 1.99. The summed E-state index contributed by atoms with van der Waals surface area (Å²) in [7, 11) is 0. The molecule has 4 nitrogen and oxygen atoms in total. The summed E-state index contributed by atoms with van der Waals surface area (Å²) in [6, 6.07) is 8.17. The van der Waals surface area contributed by atoms with Gasteiger partial charge in [-0.1, -0.05) is 25.1 Å². The van der Waals surface area contributed by atoms with E-state index in [4.69, 9.17) is 4.74 Å². The van der Waals surface area contributed by atoms with E-state index in [1.54, 1.807) is 0 Å².